The Morgan fingerprint density at radius 3 is 2.70 bits per heavy atom. The zero-order valence-corrected chi connectivity index (χ0v) is 17.9. The SMILES string of the molecule is COc1ccc(/C=C2/C(=N)N3N=C(SCc4ccccc4)SC3=NC2=O)c(OC)c1. The number of thioether (sulfide) groups is 2. The summed E-state index contributed by atoms with van der Waals surface area (Å²) in [5.74, 6) is 1.45. The van der Waals surface area contributed by atoms with Crippen LogP contribution in [-0.4, -0.2) is 40.5 Å². The first-order valence-electron chi connectivity index (χ1n) is 8.98. The molecular formula is C21H18N4O3S2. The summed E-state index contributed by atoms with van der Waals surface area (Å²) in [4.78, 5) is 16.7. The van der Waals surface area contributed by atoms with Crippen molar-refractivity contribution >= 4 is 50.9 Å². The van der Waals surface area contributed by atoms with Crippen molar-refractivity contribution in [3.05, 3.63) is 65.2 Å². The Labute approximate surface area is 182 Å². The fraction of sp³-hybridized carbons (Fsp3) is 0.143. The first-order chi connectivity index (χ1) is 14.6. The molecule has 0 aliphatic carbocycles. The molecule has 152 valence electrons. The summed E-state index contributed by atoms with van der Waals surface area (Å²) in [6.07, 6.45) is 1.60. The van der Waals surface area contributed by atoms with E-state index in [9.17, 15) is 4.79 Å². The van der Waals surface area contributed by atoms with Crippen LogP contribution in [0.15, 0.2) is 64.2 Å². The van der Waals surface area contributed by atoms with Crippen LogP contribution in [0.2, 0.25) is 0 Å². The number of carbonyl (C=O) groups is 1. The minimum Gasteiger partial charge on any atom is -0.497 e. The fourth-order valence-electron chi connectivity index (χ4n) is 2.85. The van der Waals surface area contributed by atoms with E-state index in [0.29, 0.717) is 22.2 Å². The largest absolute Gasteiger partial charge is 0.497 e. The summed E-state index contributed by atoms with van der Waals surface area (Å²) in [5, 5.41) is 14.8. The van der Waals surface area contributed by atoms with Gasteiger partial charge in [0, 0.05) is 17.4 Å². The highest BCUT2D eigenvalue weighted by atomic mass is 32.2. The van der Waals surface area contributed by atoms with E-state index in [2.05, 4.69) is 10.1 Å². The lowest BCUT2D eigenvalue weighted by Crippen LogP contribution is -2.35. The fourth-order valence-corrected chi connectivity index (χ4v) is 4.73. The molecule has 2 aliphatic heterocycles. The zero-order chi connectivity index (χ0) is 21.1. The van der Waals surface area contributed by atoms with E-state index in [4.69, 9.17) is 14.9 Å². The maximum atomic E-state index is 12.6. The summed E-state index contributed by atoms with van der Waals surface area (Å²) in [7, 11) is 3.11. The van der Waals surface area contributed by atoms with Gasteiger partial charge in [0.1, 0.15) is 11.5 Å². The van der Waals surface area contributed by atoms with Crippen LogP contribution < -0.4 is 9.47 Å². The number of nitrogens with one attached hydrogen (secondary N) is 1. The lowest BCUT2D eigenvalue weighted by atomic mass is 10.1. The summed E-state index contributed by atoms with van der Waals surface area (Å²) >= 11 is 2.85. The average Bonchev–Trinajstić information content (AvgIpc) is 3.19. The number of hydrogen-bond donors (Lipinski definition) is 1. The molecule has 0 bridgehead atoms. The molecule has 9 heteroatoms. The molecule has 7 nitrogen and oxygen atoms in total. The van der Waals surface area contributed by atoms with Gasteiger partial charge in [-0.05, 0) is 35.5 Å². The molecule has 0 unspecified atom stereocenters. The van der Waals surface area contributed by atoms with Gasteiger partial charge in [0.2, 0.25) is 5.17 Å². The van der Waals surface area contributed by atoms with Crippen molar-refractivity contribution in [1.82, 2.24) is 5.01 Å². The van der Waals surface area contributed by atoms with Gasteiger partial charge >= 0.3 is 0 Å². The van der Waals surface area contributed by atoms with Gasteiger partial charge in [-0.25, -0.2) is 0 Å². The molecule has 0 saturated carbocycles. The normalized spacial score (nSPS) is 17.0. The minimum absolute atomic E-state index is 0.00863. The number of carbonyl (C=O) groups excluding carboxylic acids is 1. The third-order valence-corrected chi connectivity index (χ3v) is 6.49. The average molecular weight is 439 g/mol. The van der Waals surface area contributed by atoms with Crippen LogP contribution in [0.25, 0.3) is 6.08 Å². The first kappa shape index (κ1) is 20.2. The van der Waals surface area contributed by atoms with Crippen molar-refractivity contribution in [3.8, 4) is 11.5 Å². The topological polar surface area (TPSA) is 87.3 Å². The quantitative estimate of drug-likeness (QED) is 0.704. The second-order valence-electron chi connectivity index (χ2n) is 6.27. The van der Waals surface area contributed by atoms with Gasteiger partial charge in [0.25, 0.3) is 5.91 Å². The van der Waals surface area contributed by atoms with Crippen molar-refractivity contribution in [1.29, 1.82) is 5.41 Å². The van der Waals surface area contributed by atoms with Crippen LogP contribution >= 0.6 is 23.5 Å². The molecule has 0 spiro atoms. The third-order valence-electron chi connectivity index (χ3n) is 4.38. The number of hydrazone groups is 1. The summed E-state index contributed by atoms with van der Waals surface area (Å²) < 4.78 is 11.3. The van der Waals surface area contributed by atoms with E-state index < -0.39 is 5.91 Å². The Bertz CT molecular complexity index is 1100. The molecule has 1 N–H and O–H groups in total. The molecule has 2 aliphatic rings. The summed E-state index contributed by atoms with van der Waals surface area (Å²) in [6, 6.07) is 15.3. The van der Waals surface area contributed by atoms with E-state index in [0.717, 1.165) is 10.1 Å². The lowest BCUT2D eigenvalue weighted by molar-refractivity contribution is -0.114. The van der Waals surface area contributed by atoms with Gasteiger partial charge in [-0.1, -0.05) is 42.1 Å². The molecule has 0 atom stereocenters. The van der Waals surface area contributed by atoms with Crippen LogP contribution in [0.4, 0.5) is 0 Å². The molecule has 2 heterocycles. The molecule has 0 radical (unpaired) electrons. The van der Waals surface area contributed by atoms with E-state index in [1.54, 1.807) is 50.3 Å². The Morgan fingerprint density at radius 1 is 1.17 bits per heavy atom. The second-order valence-corrected chi connectivity index (χ2v) is 8.45. The van der Waals surface area contributed by atoms with Crippen molar-refractivity contribution in [2.45, 2.75) is 5.75 Å². The highest BCUT2D eigenvalue weighted by Crippen LogP contribution is 2.34. The van der Waals surface area contributed by atoms with Gasteiger partial charge in [0.15, 0.2) is 10.2 Å². The molecule has 2 aromatic rings. The van der Waals surface area contributed by atoms with Crippen LogP contribution in [0, 0.1) is 5.41 Å². The predicted molar refractivity (Wildman–Crippen MR) is 122 cm³/mol. The molecule has 0 fully saturated rings. The lowest BCUT2D eigenvalue weighted by Gasteiger charge is -2.20. The molecule has 2 aromatic carbocycles. The van der Waals surface area contributed by atoms with Gasteiger partial charge in [-0.2, -0.15) is 10.0 Å². The van der Waals surface area contributed by atoms with Gasteiger partial charge in [-0.15, -0.1) is 5.10 Å². The van der Waals surface area contributed by atoms with Crippen molar-refractivity contribution < 1.29 is 14.3 Å². The number of aliphatic imine (C=N–C) groups is 1. The highest BCUT2D eigenvalue weighted by molar-refractivity contribution is 8.45. The van der Waals surface area contributed by atoms with Crippen LogP contribution in [0.5, 0.6) is 11.5 Å². The summed E-state index contributed by atoms with van der Waals surface area (Å²) in [5.41, 5.74) is 1.98. The highest BCUT2D eigenvalue weighted by Gasteiger charge is 2.36. The molecule has 4 rings (SSSR count). The Kier molecular flexibility index (Phi) is 5.91. The van der Waals surface area contributed by atoms with Crippen LogP contribution in [0.1, 0.15) is 11.1 Å². The van der Waals surface area contributed by atoms with Crippen LogP contribution in [-0.2, 0) is 10.5 Å². The number of methoxy groups -OCH3 is 2. The van der Waals surface area contributed by atoms with Crippen LogP contribution in [0.3, 0.4) is 0 Å². The van der Waals surface area contributed by atoms with Gasteiger partial charge < -0.3 is 9.47 Å². The van der Waals surface area contributed by atoms with E-state index in [1.165, 1.54) is 22.3 Å². The number of rotatable bonds is 5. The second kappa shape index (κ2) is 8.76. The predicted octanol–water partition coefficient (Wildman–Crippen LogP) is 4.21. The Morgan fingerprint density at radius 2 is 1.97 bits per heavy atom. The number of nitrogens with zero attached hydrogens (tertiary/aromatic N) is 3. The van der Waals surface area contributed by atoms with E-state index in [1.807, 2.05) is 30.3 Å². The number of hydrogen-bond acceptors (Lipinski definition) is 7. The Hall–Kier alpha value is -3.04. The molecule has 0 aromatic heterocycles. The first-order valence-corrected chi connectivity index (χ1v) is 10.8. The summed E-state index contributed by atoms with van der Waals surface area (Å²) in [6.45, 7) is 0. The third kappa shape index (κ3) is 4.12. The zero-order valence-electron chi connectivity index (χ0n) is 16.3. The van der Waals surface area contributed by atoms with Crippen molar-refractivity contribution in [2.24, 2.45) is 10.1 Å². The maximum Gasteiger partial charge on any atom is 0.283 e. The van der Waals surface area contributed by atoms with Gasteiger partial charge in [-0.3, -0.25) is 10.2 Å². The smallest absolute Gasteiger partial charge is 0.283 e. The number of amidine groups is 2. The molecule has 30 heavy (non-hydrogen) atoms. The number of fused-ring (bicyclic) bond motifs is 1. The van der Waals surface area contributed by atoms with E-state index >= 15 is 0 Å². The molecule has 1 amide bonds. The standard InChI is InChI=1S/C21H18N4O3S2/c1-27-15-9-8-14(17(11-15)28-2)10-16-18(22)25-20(23-19(16)26)30-21(24-25)29-12-13-6-4-3-5-7-13/h3-11,22H,12H2,1-2H3/b16-10-,22-18?. The number of benzene rings is 2. The van der Waals surface area contributed by atoms with E-state index in [-0.39, 0.29) is 11.4 Å². The monoisotopic (exact) mass is 438 g/mol. The molecular weight excluding hydrogens is 420 g/mol. The minimum atomic E-state index is -0.471. The molecule has 0 saturated heterocycles. The number of amides is 1. The number of ether oxygens (including phenoxy) is 2. The Balaban J connectivity index is 1.56. The van der Waals surface area contributed by atoms with Gasteiger partial charge in [0.05, 0.1) is 19.8 Å². The van der Waals surface area contributed by atoms with Crippen molar-refractivity contribution in [3.63, 3.8) is 0 Å². The van der Waals surface area contributed by atoms with Crippen molar-refractivity contribution in [2.75, 3.05) is 14.2 Å². The maximum absolute atomic E-state index is 12.6.